The van der Waals surface area contributed by atoms with Gasteiger partial charge < -0.3 is 0 Å². The summed E-state index contributed by atoms with van der Waals surface area (Å²) in [5, 5.41) is 0. The van der Waals surface area contributed by atoms with Crippen molar-refractivity contribution in [2.24, 2.45) is 0 Å². The number of allylic oxidation sites excluding steroid dienone is 2. The van der Waals surface area contributed by atoms with Crippen molar-refractivity contribution in [1.82, 2.24) is 14.3 Å². The molecule has 76 valence electrons. The standard InChI is InChI=1S/C8H10FN3O2/c9-4-3-6-2-1-5-11-7(13)10-8(14)12(6)11/h1-2,6H,3-5H2,(H,10,13,14). The molecule has 2 rings (SSSR count). The summed E-state index contributed by atoms with van der Waals surface area (Å²) in [7, 11) is 0. The van der Waals surface area contributed by atoms with Gasteiger partial charge in [0.25, 0.3) is 0 Å². The molecule has 1 N–H and O–H groups in total. The molecule has 1 aromatic heterocycles. The van der Waals surface area contributed by atoms with E-state index in [0.29, 0.717) is 6.54 Å². The van der Waals surface area contributed by atoms with E-state index in [1.54, 1.807) is 12.2 Å². The molecule has 6 heteroatoms. The van der Waals surface area contributed by atoms with Crippen LogP contribution in [0.4, 0.5) is 4.39 Å². The maximum absolute atomic E-state index is 12.2. The minimum absolute atomic E-state index is 0.216. The van der Waals surface area contributed by atoms with Crippen LogP contribution in [0.1, 0.15) is 12.5 Å². The van der Waals surface area contributed by atoms with Gasteiger partial charge in [-0.25, -0.2) is 19.0 Å². The third-order valence-electron chi connectivity index (χ3n) is 2.27. The van der Waals surface area contributed by atoms with Gasteiger partial charge in [-0.15, -0.1) is 0 Å². The number of aromatic amines is 1. The Hall–Kier alpha value is -1.59. The second-order valence-corrected chi connectivity index (χ2v) is 3.14. The minimum atomic E-state index is -0.513. The number of aromatic nitrogens is 3. The van der Waals surface area contributed by atoms with E-state index >= 15 is 0 Å². The predicted octanol–water partition coefficient (Wildman–Crippen LogP) is -0.191. The lowest BCUT2D eigenvalue weighted by Gasteiger charge is -2.19. The fourth-order valence-electron chi connectivity index (χ4n) is 1.65. The molecule has 1 aromatic rings. The zero-order chi connectivity index (χ0) is 10.1. The van der Waals surface area contributed by atoms with E-state index in [0.717, 1.165) is 0 Å². The summed E-state index contributed by atoms with van der Waals surface area (Å²) >= 11 is 0. The van der Waals surface area contributed by atoms with E-state index < -0.39 is 18.1 Å². The van der Waals surface area contributed by atoms with E-state index in [2.05, 4.69) is 4.98 Å². The third kappa shape index (κ3) is 1.23. The number of nitrogens with zero attached hydrogens (tertiary/aromatic N) is 2. The van der Waals surface area contributed by atoms with Crippen molar-refractivity contribution >= 4 is 0 Å². The van der Waals surface area contributed by atoms with Crippen molar-refractivity contribution in [3.63, 3.8) is 0 Å². The molecule has 5 nitrogen and oxygen atoms in total. The number of fused-ring (bicyclic) bond motifs is 1. The van der Waals surface area contributed by atoms with Crippen molar-refractivity contribution in [3.8, 4) is 0 Å². The summed E-state index contributed by atoms with van der Waals surface area (Å²) < 4.78 is 14.7. The van der Waals surface area contributed by atoms with Gasteiger partial charge >= 0.3 is 11.4 Å². The minimum Gasteiger partial charge on any atom is -0.257 e. The summed E-state index contributed by atoms with van der Waals surface area (Å²) in [6.07, 6.45) is 3.72. The van der Waals surface area contributed by atoms with E-state index in [-0.39, 0.29) is 12.5 Å². The van der Waals surface area contributed by atoms with Crippen molar-refractivity contribution in [3.05, 3.63) is 33.1 Å². The number of alkyl halides is 1. The Kier molecular flexibility index (Phi) is 2.11. The number of hydrogen-bond acceptors (Lipinski definition) is 2. The highest BCUT2D eigenvalue weighted by Gasteiger charge is 2.18. The molecular weight excluding hydrogens is 189 g/mol. The summed E-state index contributed by atoms with van der Waals surface area (Å²) in [6, 6.07) is -0.347. The molecule has 0 saturated carbocycles. The number of H-pyrrole nitrogens is 1. The monoisotopic (exact) mass is 199 g/mol. The van der Waals surface area contributed by atoms with Crippen LogP contribution in [-0.2, 0) is 6.54 Å². The van der Waals surface area contributed by atoms with Crippen LogP contribution in [0, 0.1) is 0 Å². The van der Waals surface area contributed by atoms with E-state index in [1.165, 1.54) is 9.36 Å². The van der Waals surface area contributed by atoms with Gasteiger partial charge in [-0.05, 0) is 0 Å². The largest absolute Gasteiger partial charge is 0.345 e. The first-order valence-electron chi connectivity index (χ1n) is 4.38. The highest BCUT2D eigenvalue weighted by Crippen LogP contribution is 2.13. The fraction of sp³-hybridized carbons (Fsp3) is 0.500. The van der Waals surface area contributed by atoms with Gasteiger partial charge in [0.15, 0.2) is 0 Å². The molecule has 0 saturated heterocycles. The molecule has 1 atom stereocenters. The molecule has 0 aromatic carbocycles. The Labute approximate surface area is 78.5 Å². The highest BCUT2D eigenvalue weighted by atomic mass is 19.1. The number of rotatable bonds is 2. The Morgan fingerprint density at radius 1 is 1.50 bits per heavy atom. The molecule has 1 aliphatic heterocycles. The topological polar surface area (TPSA) is 59.8 Å². The van der Waals surface area contributed by atoms with Crippen molar-refractivity contribution in [1.29, 1.82) is 0 Å². The maximum Gasteiger partial charge on any atom is 0.345 e. The molecule has 0 spiro atoms. The van der Waals surface area contributed by atoms with Crippen LogP contribution in [0.5, 0.6) is 0 Å². The number of nitrogens with one attached hydrogen (secondary N) is 1. The lowest BCUT2D eigenvalue weighted by atomic mass is 10.2. The van der Waals surface area contributed by atoms with Gasteiger partial charge in [-0.2, -0.15) is 0 Å². The van der Waals surface area contributed by atoms with E-state index in [1.807, 2.05) is 0 Å². The number of halogens is 1. The molecule has 0 fully saturated rings. The van der Waals surface area contributed by atoms with Crippen LogP contribution >= 0.6 is 0 Å². The zero-order valence-electron chi connectivity index (χ0n) is 7.44. The average Bonchev–Trinajstić information content (AvgIpc) is 2.44. The van der Waals surface area contributed by atoms with Gasteiger partial charge in [-0.3, -0.25) is 9.37 Å². The second kappa shape index (κ2) is 3.28. The molecule has 0 radical (unpaired) electrons. The smallest absolute Gasteiger partial charge is 0.257 e. The van der Waals surface area contributed by atoms with Gasteiger partial charge in [0.2, 0.25) is 0 Å². The molecule has 0 aliphatic carbocycles. The third-order valence-corrected chi connectivity index (χ3v) is 2.27. The van der Waals surface area contributed by atoms with Gasteiger partial charge in [0.1, 0.15) is 0 Å². The molecule has 2 heterocycles. The summed E-state index contributed by atoms with van der Waals surface area (Å²) in [4.78, 5) is 24.7. The van der Waals surface area contributed by atoms with E-state index in [4.69, 9.17) is 0 Å². The van der Waals surface area contributed by atoms with Crippen molar-refractivity contribution in [2.45, 2.75) is 19.0 Å². The predicted molar refractivity (Wildman–Crippen MR) is 48.1 cm³/mol. The first kappa shape index (κ1) is 8.98. The maximum atomic E-state index is 12.2. The normalized spacial score (nSPS) is 19.6. The average molecular weight is 199 g/mol. The Bertz CT molecular complexity index is 468. The Morgan fingerprint density at radius 2 is 2.29 bits per heavy atom. The van der Waals surface area contributed by atoms with Crippen LogP contribution < -0.4 is 11.4 Å². The van der Waals surface area contributed by atoms with Crippen LogP contribution in [-0.4, -0.2) is 21.0 Å². The van der Waals surface area contributed by atoms with Gasteiger partial charge in [0.05, 0.1) is 19.3 Å². The lowest BCUT2D eigenvalue weighted by Crippen LogP contribution is -2.32. The van der Waals surface area contributed by atoms with Crippen LogP contribution in [0.3, 0.4) is 0 Å². The molecule has 0 amide bonds. The molecular formula is C8H10FN3O2. The quantitative estimate of drug-likeness (QED) is 0.671. The molecule has 1 aliphatic rings. The summed E-state index contributed by atoms with van der Waals surface area (Å²) in [5.41, 5.74) is -0.916. The Morgan fingerprint density at radius 3 is 3.00 bits per heavy atom. The van der Waals surface area contributed by atoms with Gasteiger partial charge in [0, 0.05) is 6.42 Å². The second-order valence-electron chi connectivity index (χ2n) is 3.14. The first-order valence-corrected chi connectivity index (χ1v) is 4.38. The van der Waals surface area contributed by atoms with Crippen LogP contribution in [0.2, 0.25) is 0 Å². The zero-order valence-corrected chi connectivity index (χ0v) is 7.44. The van der Waals surface area contributed by atoms with Crippen molar-refractivity contribution in [2.75, 3.05) is 6.67 Å². The van der Waals surface area contributed by atoms with Gasteiger partial charge in [-0.1, -0.05) is 12.2 Å². The molecule has 0 bridgehead atoms. The summed E-state index contributed by atoms with van der Waals surface area (Å²) in [6.45, 7) is -0.152. The number of hydrogen-bond donors (Lipinski definition) is 1. The molecule has 14 heavy (non-hydrogen) atoms. The summed E-state index contributed by atoms with van der Waals surface area (Å²) in [5.74, 6) is 0. The van der Waals surface area contributed by atoms with Crippen LogP contribution in [0.25, 0.3) is 0 Å². The van der Waals surface area contributed by atoms with Crippen molar-refractivity contribution < 1.29 is 4.39 Å². The van der Waals surface area contributed by atoms with E-state index in [9.17, 15) is 14.0 Å². The lowest BCUT2D eigenvalue weighted by molar-refractivity contribution is 0.345. The Balaban J connectivity index is 2.52. The SMILES string of the molecule is O=c1[nH]c(=O)n2n1CC=CC2CCF. The first-order chi connectivity index (χ1) is 6.74. The van der Waals surface area contributed by atoms with Crippen LogP contribution in [0.15, 0.2) is 21.7 Å². The molecule has 1 unspecified atom stereocenters. The fourth-order valence-corrected chi connectivity index (χ4v) is 1.65. The highest BCUT2D eigenvalue weighted by molar-refractivity contribution is 4.97.